The number of rotatable bonds is 8. The van der Waals surface area contributed by atoms with Crippen molar-refractivity contribution in [2.24, 2.45) is 0 Å². The molecule has 3 aromatic heterocycles. The van der Waals surface area contributed by atoms with Crippen LogP contribution in [0, 0.1) is 58.2 Å². The summed E-state index contributed by atoms with van der Waals surface area (Å²) in [6.45, 7) is 6.55. The molecule has 338 valence electrons. The first-order chi connectivity index (χ1) is 31.9. The number of hydrogen-bond acceptors (Lipinski definition) is 4. The molecule has 5 heterocycles. The Hall–Kier alpha value is -7.53. The van der Waals surface area contributed by atoms with Gasteiger partial charge in [0.15, 0.2) is 46.5 Å². The van der Waals surface area contributed by atoms with Crippen LogP contribution in [-0.2, 0) is 4.74 Å². The first-order valence-electron chi connectivity index (χ1n) is 20.5. The third kappa shape index (κ3) is 7.92. The minimum atomic E-state index is -2.38. The highest BCUT2D eigenvalue weighted by molar-refractivity contribution is 6.76. The number of aromatic amines is 2. The zero-order valence-corrected chi connectivity index (χ0v) is 36.2. The van der Waals surface area contributed by atoms with Gasteiger partial charge in [0, 0.05) is 52.4 Å². The Balaban J connectivity index is 1.43. The number of H-pyrrole nitrogens is 2. The summed E-state index contributed by atoms with van der Waals surface area (Å²) in [5, 5.41) is 0. The first-order valence-corrected chi connectivity index (χ1v) is 24.2. The topological polar surface area (TPSA) is 83.7 Å². The zero-order chi connectivity index (χ0) is 47.6. The second kappa shape index (κ2) is 17.0. The lowest BCUT2D eigenvalue weighted by Gasteiger charge is -2.15. The van der Waals surface area contributed by atoms with Crippen molar-refractivity contribution in [2.45, 2.75) is 25.7 Å². The van der Waals surface area contributed by atoms with E-state index in [2.05, 4.69) is 39.6 Å². The number of ether oxygens (including phenoxy) is 1. The second-order valence-corrected chi connectivity index (χ2v) is 22.4. The van der Waals surface area contributed by atoms with Crippen LogP contribution in [0.3, 0.4) is 0 Å². The third-order valence-corrected chi connectivity index (χ3v) is 12.9. The molecule has 0 aliphatic carbocycles. The van der Waals surface area contributed by atoms with Gasteiger partial charge in [-0.3, -0.25) is 0 Å². The third-order valence-electron chi connectivity index (χ3n) is 11.2. The number of carbonyl (C=O) groups excluding carboxylic acids is 1. The Labute approximate surface area is 375 Å². The Kier molecular flexibility index (Phi) is 11.4. The van der Waals surface area contributed by atoms with Crippen LogP contribution in [0.5, 0.6) is 0 Å². The summed E-state index contributed by atoms with van der Waals surface area (Å²) in [7, 11) is -1.55. The van der Waals surface area contributed by atoms with Crippen molar-refractivity contribution in [3.8, 4) is 44.5 Å². The molecule has 0 amide bonds. The summed E-state index contributed by atoms with van der Waals surface area (Å²) in [6, 6.07) is 20.4. The molecule has 0 atom stereocenters. The number of halogens is 10. The van der Waals surface area contributed by atoms with Gasteiger partial charge in [-0.15, -0.1) is 0 Å². The van der Waals surface area contributed by atoms with Gasteiger partial charge in [-0.25, -0.2) is 58.7 Å². The van der Waals surface area contributed by atoms with E-state index in [9.17, 15) is 13.6 Å². The Morgan fingerprint density at radius 1 is 0.448 bits per heavy atom. The number of carbonyl (C=O) groups is 1. The van der Waals surface area contributed by atoms with Crippen molar-refractivity contribution >= 4 is 60.4 Å². The molecule has 0 spiro atoms. The van der Waals surface area contributed by atoms with E-state index in [4.69, 9.17) is 4.74 Å². The molecular formula is C50H32F10N4O2Si. The second-order valence-electron chi connectivity index (χ2n) is 16.8. The molecule has 2 aliphatic rings. The SMILES string of the molecule is C[Si](C)(C)CCOC(=O)c1ccc(-c2c3nc(c(-c4c(F)c(F)c(F)c(F)c4F)c4ccc([nH]4)c(-c4ccccc4)c4nc(c(-c5c(F)c(F)c(F)c(F)c5F)c5ccc2[nH]5)C=C4)C=C3)cc1. The Bertz CT molecular complexity index is 3330. The molecule has 0 saturated heterocycles. The summed E-state index contributed by atoms with van der Waals surface area (Å²) in [5.74, 6) is -22.8. The highest BCUT2D eigenvalue weighted by Crippen LogP contribution is 2.42. The van der Waals surface area contributed by atoms with Gasteiger partial charge in [-0.2, -0.15) is 0 Å². The van der Waals surface area contributed by atoms with E-state index in [1.807, 2.05) is 0 Å². The van der Waals surface area contributed by atoms with Gasteiger partial charge in [-0.05, 0) is 77.9 Å². The van der Waals surface area contributed by atoms with Crippen LogP contribution in [0.4, 0.5) is 43.9 Å². The van der Waals surface area contributed by atoms with Gasteiger partial charge in [0.25, 0.3) is 0 Å². The molecular weight excluding hydrogens is 907 g/mol. The van der Waals surface area contributed by atoms with Crippen LogP contribution in [-0.4, -0.2) is 40.6 Å². The molecule has 0 unspecified atom stereocenters. The molecule has 6 nitrogen and oxygen atoms in total. The van der Waals surface area contributed by atoms with Gasteiger partial charge in [0.1, 0.15) is 0 Å². The maximum atomic E-state index is 16.0. The van der Waals surface area contributed by atoms with Crippen molar-refractivity contribution in [3.63, 3.8) is 0 Å². The van der Waals surface area contributed by atoms with Gasteiger partial charge in [0.05, 0.1) is 46.1 Å². The molecule has 9 rings (SSSR count). The van der Waals surface area contributed by atoms with Crippen LogP contribution in [0.25, 0.3) is 90.9 Å². The Morgan fingerprint density at radius 3 is 1.18 bits per heavy atom. The number of esters is 1. The van der Waals surface area contributed by atoms with E-state index in [-0.39, 0.29) is 68.1 Å². The van der Waals surface area contributed by atoms with Gasteiger partial charge >= 0.3 is 5.97 Å². The van der Waals surface area contributed by atoms with Crippen molar-refractivity contribution in [1.29, 1.82) is 0 Å². The predicted octanol–water partition coefficient (Wildman–Crippen LogP) is 14.2. The fraction of sp³-hybridized carbons (Fsp3) is 0.100. The summed E-state index contributed by atoms with van der Waals surface area (Å²) < 4.78 is 159. The van der Waals surface area contributed by atoms with Crippen LogP contribution in [0.2, 0.25) is 25.7 Å². The summed E-state index contributed by atoms with van der Waals surface area (Å²) in [6.07, 6.45) is 5.34. The van der Waals surface area contributed by atoms with Crippen molar-refractivity contribution in [1.82, 2.24) is 19.9 Å². The molecule has 2 aliphatic heterocycles. The van der Waals surface area contributed by atoms with Crippen LogP contribution >= 0.6 is 0 Å². The average Bonchev–Trinajstić information content (AvgIpc) is 4.17. The van der Waals surface area contributed by atoms with Crippen LogP contribution < -0.4 is 0 Å². The van der Waals surface area contributed by atoms with Gasteiger partial charge < -0.3 is 14.7 Å². The standard InChI is InChI=1S/C50H32F10N4O2Si/c1-67(2,3)22-21-66-50(65)25-11-9-24(10-12-25)35-28-15-19-32(63-28)36(38-40(51)44(55)48(59)45(56)41(38)52)30-17-13-26(61-30)34(23-7-5-4-6-8-23)27-14-18-31(62-27)37(33-20-16-29(35)64-33)39-42(53)46(57)49(60)47(58)43(39)54/h4-20,61,64H,21-22H2,1-3H3. The molecule has 0 radical (unpaired) electrons. The molecule has 8 bridgehead atoms. The average molecular weight is 939 g/mol. The highest BCUT2D eigenvalue weighted by atomic mass is 28.3. The van der Waals surface area contributed by atoms with E-state index in [1.165, 1.54) is 72.8 Å². The van der Waals surface area contributed by atoms with Crippen molar-refractivity contribution in [3.05, 3.63) is 165 Å². The smallest absolute Gasteiger partial charge is 0.338 e. The van der Waals surface area contributed by atoms with Crippen LogP contribution in [0.1, 0.15) is 33.1 Å². The number of nitrogens with zero attached hydrogens (tertiary/aromatic N) is 2. The molecule has 0 saturated carbocycles. The molecule has 0 fully saturated rings. The monoisotopic (exact) mass is 938 g/mol. The lowest BCUT2D eigenvalue weighted by molar-refractivity contribution is 0.0525. The maximum absolute atomic E-state index is 16.0. The fourth-order valence-corrected chi connectivity index (χ4v) is 8.61. The molecule has 7 aromatic rings. The maximum Gasteiger partial charge on any atom is 0.338 e. The molecule has 17 heteroatoms. The lowest BCUT2D eigenvalue weighted by atomic mass is 10.0. The van der Waals surface area contributed by atoms with Crippen molar-refractivity contribution in [2.75, 3.05) is 6.61 Å². The predicted molar refractivity (Wildman–Crippen MR) is 239 cm³/mol. The highest BCUT2D eigenvalue weighted by Gasteiger charge is 2.32. The molecule has 4 aromatic carbocycles. The Morgan fingerprint density at radius 2 is 0.791 bits per heavy atom. The molecule has 67 heavy (non-hydrogen) atoms. The van der Waals surface area contributed by atoms with Gasteiger partial charge in [-0.1, -0.05) is 62.1 Å². The van der Waals surface area contributed by atoms with Crippen molar-refractivity contribution < 1.29 is 53.4 Å². The minimum absolute atomic E-state index is 0.00264. The minimum Gasteiger partial charge on any atom is -0.462 e. The zero-order valence-electron chi connectivity index (χ0n) is 35.2. The largest absolute Gasteiger partial charge is 0.462 e. The quantitative estimate of drug-likeness (QED) is 0.0523. The fourth-order valence-electron chi connectivity index (χ4n) is 7.90. The summed E-state index contributed by atoms with van der Waals surface area (Å²) in [5.41, 5.74) is -3.02. The number of aromatic nitrogens is 4. The summed E-state index contributed by atoms with van der Waals surface area (Å²) >= 11 is 0. The molecule has 2 N–H and O–H groups in total. The van der Waals surface area contributed by atoms with E-state index < -0.39 is 94.5 Å². The number of nitrogens with one attached hydrogen (secondary N) is 2. The van der Waals surface area contributed by atoms with E-state index in [0.29, 0.717) is 17.2 Å². The van der Waals surface area contributed by atoms with E-state index >= 15 is 35.1 Å². The summed E-state index contributed by atoms with van der Waals surface area (Å²) in [4.78, 5) is 28.4. The van der Waals surface area contributed by atoms with E-state index in [1.54, 1.807) is 30.3 Å². The van der Waals surface area contributed by atoms with Crippen LogP contribution in [0.15, 0.2) is 78.9 Å². The number of fused-ring (bicyclic) bond motifs is 8. The lowest BCUT2D eigenvalue weighted by Crippen LogP contribution is -2.22. The first kappa shape index (κ1) is 44.7. The van der Waals surface area contributed by atoms with E-state index in [0.717, 1.165) is 0 Å². The van der Waals surface area contributed by atoms with Gasteiger partial charge in [0.2, 0.25) is 11.6 Å². The number of hydrogen-bond donors (Lipinski definition) is 2. The normalized spacial score (nSPS) is 12.3. The number of benzene rings is 4.